The van der Waals surface area contributed by atoms with Crippen LogP contribution in [-0.2, 0) is 10.2 Å². The van der Waals surface area contributed by atoms with Crippen molar-refractivity contribution in [2.24, 2.45) is 0 Å². The van der Waals surface area contributed by atoms with Gasteiger partial charge in [0, 0.05) is 11.5 Å². The maximum absolute atomic E-state index is 13.1. The predicted octanol–water partition coefficient (Wildman–Crippen LogP) is 4.99. The molecular weight excluding hydrogens is 368 g/mol. The molecule has 0 bridgehead atoms. The number of methoxy groups -OCH3 is 1. The lowest BCUT2D eigenvalue weighted by Gasteiger charge is -2.25. The number of aromatic nitrogens is 1. The number of nitriles is 1. The molecule has 0 saturated carbocycles. The molecule has 1 aromatic carbocycles. The molecule has 0 amide bonds. The third-order valence-corrected chi connectivity index (χ3v) is 4.56. The molecule has 6 nitrogen and oxygen atoms in total. The second kappa shape index (κ2) is 7.25. The van der Waals surface area contributed by atoms with Crippen molar-refractivity contribution in [3.05, 3.63) is 59.0 Å². The number of ether oxygens (including phenoxy) is 2. The van der Waals surface area contributed by atoms with Gasteiger partial charge in [-0.2, -0.15) is 5.26 Å². The monoisotopic (exact) mass is 392 g/mol. The second-order valence-corrected chi connectivity index (χ2v) is 8.32. The van der Waals surface area contributed by atoms with Gasteiger partial charge in [0.1, 0.15) is 22.5 Å². The summed E-state index contributed by atoms with van der Waals surface area (Å²) in [5.74, 6) is 0.418. The molecule has 29 heavy (non-hydrogen) atoms. The predicted molar refractivity (Wildman–Crippen MR) is 109 cm³/mol. The fraction of sp³-hybridized carbons (Fsp3) is 0.348. The van der Waals surface area contributed by atoms with Gasteiger partial charge in [0.05, 0.1) is 29.9 Å². The first kappa shape index (κ1) is 20.4. The van der Waals surface area contributed by atoms with Gasteiger partial charge in [0.2, 0.25) is 5.88 Å². The largest absolute Gasteiger partial charge is 0.481 e. The number of hydrogen-bond acceptors (Lipinski definition) is 6. The molecule has 0 aliphatic carbocycles. The number of benzene rings is 1. The van der Waals surface area contributed by atoms with Crippen LogP contribution in [0.15, 0.2) is 40.8 Å². The highest BCUT2D eigenvalue weighted by Gasteiger charge is 2.37. The molecule has 0 N–H and O–H groups in total. The number of furan rings is 1. The summed E-state index contributed by atoms with van der Waals surface area (Å²) in [6.45, 7) is 9.29. The van der Waals surface area contributed by atoms with Gasteiger partial charge in [-0.3, -0.25) is 0 Å². The van der Waals surface area contributed by atoms with Crippen LogP contribution < -0.4 is 4.74 Å². The van der Waals surface area contributed by atoms with Gasteiger partial charge in [-0.1, -0.05) is 6.07 Å². The Morgan fingerprint density at radius 1 is 1.14 bits per heavy atom. The van der Waals surface area contributed by atoms with E-state index >= 15 is 0 Å². The van der Waals surface area contributed by atoms with E-state index in [1.54, 1.807) is 31.4 Å². The van der Waals surface area contributed by atoms with Crippen LogP contribution in [0.1, 0.15) is 62.0 Å². The van der Waals surface area contributed by atoms with E-state index < -0.39 is 17.0 Å². The summed E-state index contributed by atoms with van der Waals surface area (Å²) < 4.78 is 17.0. The minimum atomic E-state index is -0.757. The summed E-state index contributed by atoms with van der Waals surface area (Å²) in [4.78, 5) is 17.7. The van der Waals surface area contributed by atoms with Crippen molar-refractivity contribution < 1.29 is 18.7 Å². The third-order valence-electron chi connectivity index (χ3n) is 4.56. The van der Waals surface area contributed by atoms with E-state index in [0.29, 0.717) is 39.4 Å². The van der Waals surface area contributed by atoms with E-state index in [1.807, 2.05) is 46.8 Å². The van der Waals surface area contributed by atoms with Gasteiger partial charge in [-0.05, 0) is 58.9 Å². The van der Waals surface area contributed by atoms with Gasteiger partial charge in [0.15, 0.2) is 0 Å². The lowest BCUT2D eigenvalue weighted by atomic mass is 9.83. The molecule has 0 spiro atoms. The van der Waals surface area contributed by atoms with Crippen molar-refractivity contribution >= 4 is 16.9 Å². The van der Waals surface area contributed by atoms with E-state index in [2.05, 4.69) is 11.1 Å². The Morgan fingerprint density at radius 2 is 1.86 bits per heavy atom. The number of pyridine rings is 1. The van der Waals surface area contributed by atoms with Crippen molar-refractivity contribution in [2.45, 2.75) is 45.6 Å². The van der Waals surface area contributed by atoms with Crippen molar-refractivity contribution in [1.82, 2.24) is 4.98 Å². The maximum Gasteiger partial charge on any atom is 0.342 e. The van der Waals surface area contributed by atoms with Crippen LogP contribution in [0.25, 0.3) is 11.0 Å². The van der Waals surface area contributed by atoms with Crippen molar-refractivity contribution in [3.8, 4) is 11.9 Å². The first-order chi connectivity index (χ1) is 13.6. The molecule has 3 rings (SSSR count). The van der Waals surface area contributed by atoms with E-state index in [-0.39, 0.29) is 0 Å². The van der Waals surface area contributed by atoms with E-state index in [4.69, 9.17) is 13.9 Å². The lowest BCUT2D eigenvalue weighted by Crippen LogP contribution is -2.27. The molecule has 0 saturated heterocycles. The third kappa shape index (κ3) is 3.95. The standard InChI is InChI=1S/C23H24N2O4/c1-22(2,3)29-21(26)19-15-11-10-14(13-24)12-16(15)28-20(19)23(4,5)17-8-7-9-18(25-17)27-6/h7-12H,1-6H3. The summed E-state index contributed by atoms with van der Waals surface area (Å²) >= 11 is 0. The Labute approximate surface area is 170 Å². The van der Waals surface area contributed by atoms with Gasteiger partial charge in [0.25, 0.3) is 0 Å². The normalized spacial score (nSPS) is 11.9. The minimum absolute atomic E-state index is 0.342. The van der Waals surface area contributed by atoms with Gasteiger partial charge in [-0.15, -0.1) is 0 Å². The fourth-order valence-corrected chi connectivity index (χ4v) is 3.13. The van der Waals surface area contributed by atoms with Crippen LogP contribution in [-0.4, -0.2) is 23.7 Å². The zero-order valence-corrected chi connectivity index (χ0v) is 17.5. The highest BCUT2D eigenvalue weighted by molar-refractivity contribution is 6.05. The molecular formula is C23H24N2O4. The Balaban J connectivity index is 2.26. The first-order valence-corrected chi connectivity index (χ1v) is 9.29. The number of hydrogen-bond donors (Lipinski definition) is 0. The van der Waals surface area contributed by atoms with Gasteiger partial charge in [-0.25, -0.2) is 9.78 Å². The summed E-state index contributed by atoms with van der Waals surface area (Å²) in [5.41, 5.74) is 0.507. The summed E-state index contributed by atoms with van der Waals surface area (Å²) in [5, 5.41) is 9.82. The molecule has 0 aliphatic heterocycles. The maximum atomic E-state index is 13.1. The average molecular weight is 392 g/mol. The number of carbonyl (C=O) groups excluding carboxylic acids is 1. The second-order valence-electron chi connectivity index (χ2n) is 8.32. The molecule has 3 aromatic rings. The molecule has 0 atom stereocenters. The Bertz CT molecular complexity index is 1110. The first-order valence-electron chi connectivity index (χ1n) is 9.29. The molecule has 2 aromatic heterocycles. The smallest absolute Gasteiger partial charge is 0.342 e. The van der Waals surface area contributed by atoms with Crippen molar-refractivity contribution in [2.75, 3.05) is 7.11 Å². The molecule has 0 fully saturated rings. The number of carbonyl (C=O) groups is 1. The van der Waals surface area contributed by atoms with Crippen LogP contribution >= 0.6 is 0 Å². The molecule has 2 heterocycles. The van der Waals surface area contributed by atoms with Crippen LogP contribution in [0, 0.1) is 11.3 Å². The van der Waals surface area contributed by atoms with Crippen LogP contribution in [0.4, 0.5) is 0 Å². The van der Waals surface area contributed by atoms with Gasteiger partial charge < -0.3 is 13.9 Å². The summed E-state index contributed by atoms with van der Waals surface area (Å²) in [6, 6.07) is 12.6. The van der Waals surface area contributed by atoms with Crippen LogP contribution in [0.5, 0.6) is 5.88 Å². The van der Waals surface area contributed by atoms with E-state index in [0.717, 1.165) is 0 Å². The van der Waals surface area contributed by atoms with E-state index in [9.17, 15) is 10.1 Å². The highest BCUT2D eigenvalue weighted by atomic mass is 16.6. The molecule has 0 radical (unpaired) electrons. The molecule has 6 heteroatoms. The van der Waals surface area contributed by atoms with Gasteiger partial charge >= 0.3 is 5.97 Å². The molecule has 0 aliphatic rings. The van der Waals surface area contributed by atoms with Crippen LogP contribution in [0.2, 0.25) is 0 Å². The zero-order valence-electron chi connectivity index (χ0n) is 17.5. The topological polar surface area (TPSA) is 85.3 Å². The molecule has 0 unspecified atom stereocenters. The quantitative estimate of drug-likeness (QED) is 0.582. The zero-order chi connectivity index (χ0) is 21.4. The number of esters is 1. The highest BCUT2D eigenvalue weighted by Crippen LogP contribution is 2.39. The summed E-state index contributed by atoms with van der Waals surface area (Å²) in [7, 11) is 1.55. The minimum Gasteiger partial charge on any atom is -0.481 e. The molecule has 150 valence electrons. The van der Waals surface area contributed by atoms with Crippen molar-refractivity contribution in [3.63, 3.8) is 0 Å². The Hall–Kier alpha value is -3.33. The Morgan fingerprint density at radius 3 is 2.48 bits per heavy atom. The van der Waals surface area contributed by atoms with Crippen LogP contribution in [0.3, 0.4) is 0 Å². The summed E-state index contributed by atoms with van der Waals surface area (Å²) in [6.07, 6.45) is 0. The average Bonchev–Trinajstić information content (AvgIpc) is 3.06. The Kier molecular flexibility index (Phi) is 5.10. The lowest BCUT2D eigenvalue weighted by molar-refractivity contribution is 0.00677. The fourth-order valence-electron chi connectivity index (χ4n) is 3.13. The van der Waals surface area contributed by atoms with E-state index in [1.165, 1.54) is 0 Å². The number of fused-ring (bicyclic) bond motifs is 1. The number of nitrogens with zero attached hydrogens (tertiary/aromatic N) is 2. The number of rotatable bonds is 4. The van der Waals surface area contributed by atoms with Crippen molar-refractivity contribution in [1.29, 1.82) is 5.26 Å². The SMILES string of the molecule is COc1cccc(C(C)(C)c2oc3cc(C#N)ccc3c2C(=O)OC(C)(C)C)n1.